The van der Waals surface area contributed by atoms with E-state index in [4.69, 9.17) is 14.7 Å². The summed E-state index contributed by atoms with van der Waals surface area (Å²) < 4.78 is 10.4. The van der Waals surface area contributed by atoms with E-state index in [1.165, 1.54) is 7.11 Å². The van der Waals surface area contributed by atoms with Crippen LogP contribution in [0.25, 0.3) is 0 Å². The third-order valence-electron chi connectivity index (χ3n) is 2.85. The van der Waals surface area contributed by atoms with Crippen molar-refractivity contribution in [3.63, 3.8) is 0 Å². The number of rotatable bonds is 3. The molecule has 1 unspecified atom stereocenters. The van der Waals surface area contributed by atoms with Gasteiger partial charge in [-0.2, -0.15) is 5.26 Å². The molecule has 0 radical (unpaired) electrons. The van der Waals surface area contributed by atoms with E-state index in [0.29, 0.717) is 36.8 Å². The lowest BCUT2D eigenvalue weighted by Crippen LogP contribution is -2.48. The van der Waals surface area contributed by atoms with Gasteiger partial charge in [0.15, 0.2) is 0 Å². The molecular weight excluding hydrogens is 246 g/mol. The van der Waals surface area contributed by atoms with E-state index >= 15 is 0 Å². The van der Waals surface area contributed by atoms with Crippen LogP contribution in [0.4, 0.5) is 5.69 Å². The lowest BCUT2D eigenvalue weighted by molar-refractivity contribution is -0.120. The average Bonchev–Trinajstić information content (AvgIpc) is 2.48. The van der Waals surface area contributed by atoms with Crippen molar-refractivity contribution in [3.8, 4) is 11.8 Å². The first-order valence-electron chi connectivity index (χ1n) is 5.95. The van der Waals surface area contributed by atoms with Gasteiger partial charge in [-0.3, -0.25) is 4.79 Å². The molecule has 0 aliphatic carbocycles. The molecule has 2 rings (SSSR count). The fraction of sp³-hybridized carbons (Fsp3) is 0.385. The maximum absolute atomic E-state index is 12.1. The second-order valence-electron chi connectivity index (χ2n) is 4.07. The van der Waals surface area contributed by atoms with Crippen molar-refractivity contribution in [3.05, 3.63) is 23.8 Å². The van der Waals surface area contributed by atoms with E-state index in [1.807, 2.05) is 6.07 Å². The summed E-state index contributed by atoms with van der Waals surface area (Å²) in [4.78, 5) is 12.1. The summed E-state index contributed by atoms with van der Waals surface area (Å²) in [5.74, 6) is 0.227. The smallest absolute Gasteiger partial charge is 0.244 e. The number of benzene rings is 1. The van der Waals surface area contributed by atoms with E-state index in [9.17, 15) is 4.79 Å². The Balaban J connectivity index is 2.18. The number of methoxy groups -OCH3 is 1. The van der Waals surface area contributed by atoms with Crippen molar-refractivity contribution in [2.24, 2.45) is 0 Å². The SMILES string of the molecule is COc1cccc(C#N)c1NC(=O)C1COCCN1. The van der Waals surface area contributed by atoms with Gasteiger partial charge in [0.2, 0.25) is 5.91 Å². The van der Waals surface area contributed by atoms with Crippen LogP contribution in [0.15, 0.2) is 18.2 Å². The zero-order chi connectivity index (χ0) is 13.7. The van der Waals surface area contributed by atoms with Gasteiger partial charge in [-0.15, -0.1) is 0 Å². The number of amides is 1. The Labute approximate surface area is 111 Å². The second-order valence-corrected chi connectivity index (χ2v) is 4.07. The van der Waals surface area contributed by atoms with Crippen LogP contribution >= 0.6 is 0 Å². The molecule has 6 heteroatoms. The van der Waals surface area contributed by atoms with Gasteiger partial charge in [0.25, 0.3) is 0 Å². The standard InChI is InChI=1S/C13H15N3O3/c1-18-11-4-2-3-9(7-14)12(11)16-13(17)10-8-19-6-5-15-10/h2-4,10,15H,5-6,8H2,1H3,(H,16,17). The van der Waals surface area contributed by atoms with Crippen LogP contribution in [-0.2, 0) is 9.53 Å². The number of carbonyl (C=O) groups excluding carboxylic acids is 1. The van der Waals surface area contributed by atoms with Gasteiger partial charge in [-0.05, 0) is 12.1 Å². The zero-order valence-electron chi connectivity index (χ0n) is 10.6. The van der Waals surface area contributed by atoms with Crippen LogP contribution in [0, 0.1) is 11.3 Å². The highest BCUT2D eigenvalue weighted by Gasteiger charge is 2.23. The Morgan fingerprint density at radius 2 is 2.47 bits per heavy atom. The number of hydrogen-bond donors (Lipinski definition) is 2. The quantitative estimate of drug-likeness (QED) is 0.827. The van der Waals surface area contributed by atoms with Crippen molar-refractivity contribution in [1.29, 1.82) is 5.26 Å². The van der Waals surface area contributed by atoms with Gasteiger partial charge < -0.3 is 20.1 Å². The molecule has 1 heterocycles. The number of nitrogens with one attached hydrogen (secondary N) is 2. The Hall–Kier alpha value is -2.10. The molecule has 0 saturated carbocycles. The molecule has 1 aliphatic rings. The highest BCUT2D eigenvalue weighted by atomic mass is 16.5. The summed E-state index contributed by atoms with van der Waals surface area (Å²) in [7, 11) is 1.49. The Morgan fingerprint density at radius 1 is 1.63 bits per heavy atom. The molecule has 19 heavy (non-hydrogen) atoms. The van der Waals surface area contributed by atoms with Gasteiger partial charge >= 0.3 is 0 Å². The van der Waals surface area contributed by atoms with Crippen molar-refractivity contribution >= 4 is 11.6 Å². The lowest BCUT2D eigenvalue weighted by Gasteiger charge is -2.23. The number of ether oxygens (including phenoxy) is 2. The predicted octanol–water partition coefficient (Wildman–Crippen LogP) is 0.494. The largest absolute Gasteiger partial charge is 0.495 e. The van der Waals surface area contributed by atoms with E-state index in [-0.39, 0.29) is 5.91 Å². The highest BCUT2D eigenvalue weighted by molar-refractivity contribution is 5.97. The van der Waals surface area contributed by atoms with Gasteiger partial charge in [-0.1, -0.05) is 6.07 Å². The molecule has 1 fully saturated rings. The molecule has 1 aromatic carbocycles. The highest BCUT2D eigenvalue weighted by Crippen LogP contribution is 2.27. The normalized spacial score (nSPS) is 18.4. The molecule has 1 saturated heterocycles. The summed E-state index contributed by atoms with van der Waals surface area (Å²) in [6.07, 6.45) is 0. The predicted molar refractivity (Wildman–Crippen MR) is 68.9 cm³/mol. The van der Waals surface area contributed by atoms with E-state index in [1.54, 1.807) is 18.2 Å². The minimum Gasteiger partial charge on any atom is -0.495 e. The minimum absolute atomic E-state index is 0.235. The maximum atomic E-state index is 12.1. The van der Waals surface area contributed by atoms with Crippen molar-refractivity contribution in [1.82, 2.24) is 5.32 Å². The van der Waals surface area contributed by atoms with Crippen molar-refractivity contribution < 1.29 is 14.3 Å². The van der Waals surface area contributed by atoms with Crippen LogP contribution in [0.1, 0.15) is 5.56 Å². The van der Waals surface area contributed by atoms with Crippen molar-refractivity contribution in [2.45, 2.75) is 6.04 Å². The Kier molecular flexibility index (Phi) is 4.34. The fourth-order valence-corrected chi connectivity index (χ4v) is 1.87. The zero-order valence-corrected chi connectivity index (χ0v) is 10.6. The molecule has 0 spiro atoms. The number of nitriles is 1. The van der Waals surface area contributed by atoms with Crippen LogP contribution < -0.4 is 15.4 Å². The van der Waals surface area contributed by atoms with Gasteiger partial charge in [0.1, 0.15) is 23.5 Å². The molecule has 1 aliphatic heterocycles. The Bertz CT molecular complexity index is 504. The molecule has 0 bridgehead atoms. The third-order valence-corrected chi connectivity index (χ3v) is 2.85. The topological polar surface area (TPSA) is 83.4 Å². The molecule has 100 valence electrons. The number of hydrogen-bond acceptors (Lipinski definition) is 5. The lowest BCUT2D eigenvalue weighted by atomic mass is 10.1. The van der Waals surface area contributed by atoms with E-state index in [0.717, 1.165) is 0 Å². The Morgan fingerprint density at radius 3 is 3.11 bits per heavy atom. The number of nitrogens with zero attached hydrogens (tertiary/aromatic N) is 1. The molecule has 6 nitrogen and oxygen atoms in total. The molecule has 1 atom stereocenters. The van der Waals surface area contributed by atoms with Crippen molar-refractivity contribution in [2.75, 3.05) is 32.2 Å². The first kappa shape index (κ1) is 13.3. The maximum Gasteiger partial charge on any atom is 0.244 e. The van der Waals surface area contributed by atoms with E-state index < -0.39 is 6.04 Å². The molecular formula is C13H15N3O3. The summed E-state index contributed by atoms with van der Waals surface area (Å²) in [6, 6.07) is 6.65. The second kappa shape index (κ2) is 6.18. The average molecular weight is 261 g/mol. The summed E-state index contributed by atoms with van der Waals surface area (Å²) in [5, 5.41) is 14.8. The molecule has 1 aromatic rings. The van der Waals surface area contributed by atoms with E-state index in [2.05, 4.69) is 10.6 Å². The third kappa shape index (κ3) is 3.02. The van der Waals surface area contributed by atoms with Crippen LogP contribution in [-0.4, -0.2) is 38.8 Å². The van der Waals surface area contributed by atoms with Crippen LogP contribution in [0.3, 0.4) is 0 Å². The number of morpholine rings is 1. The number of anilines is 1. The first-order chi connectivity index (χ1) is 9.26. The minimum atomic E-state index is -0.412. The number of para-hydroxylation sites is 1. The van der Waals surface area contributed by atoms with Crippen LogP contribution in [0.5, 0.6) is 5.75 Å². The summed E-state index contributed by atoms with van der Waals surface area (Å²) in [5.41, 5.74) is 0.759. The molecule has 0 aromatic heterocycles. The summed E-state index contributed by atoms with van der Waals surface area (Å²) >= 11 is 0. The van der Waals surface area contributed by atoms with Gasteiger partial charge in [-0.25, -0.2) is 0 Å². The van der Waals surface area contributed by atoms with Gasteiger partial charge in [0.05, 0.1) is 25.9 Å². The molecule has 2 N–H and O–H groups in total. The van der Waals surface area contributed by atoms with Gasteiger partial charge in [0, 0.05) is 6.54 Å². The fourth-order valence-electron chi connectivity index (χ4n) is 1.87. The monoisotopic (exact) mass is 261 g/mol. The molecule has 1 amide bonds. The van der Waals surface area contributed by atoms with Crippen LogP contribution in [0.2, 0.25) is 0 Å². The summed E-state index contributed by atoms with van der Waals surface area (Å²) in [6.45, 7) is 1.56. The first-order valence-corrected chi connectivity index (χ1v) is 5.95. The number of carbonyl (C=O) groups is 1.